The molecule has 7 heteroatoms. The summed E-state index contributed by atoms with van der Waals surface area (Å²) in [4.78, 5) is 22.7. The van der Waals surface area contributed by atoms with Crippen LogP contribution < -0.4 is 5.32 Å². The first-order valence-corrected chi connectivity index (χ1v) is 6.02. The summed E-state index contributed by atoms with van der Waals surface area (Å²) >= 11 is 0. The summed E-state index contributed by atoms with van der Waals surface area (Å²) < 4.78 is 31.8. The van der Waals surface area contributed by atoms with Crippen LogP contribution in [0.4, 0.5) is 8.78 Å². The monoisotopic (exact) mass is 285 g/mol. The first-order valence-electron chi connectivity index (χ1n) is 6.02. The summed E-state index contributed by atoms with van der Waals surface area (Å²) in [5.41, 5.74) is -0.337. The average molecular weight is 285 g/mol. The van der Waals surface area contributed by atoms with E-state index in [1.807, 2.05) is 0 Å². The molecule has 5 nitrogen and oxygen atoms in total. The molecule has 2 unspecified atom stereocenters. The minimum atomic E-state index is -1.08. The standard InChI is InChI=1S/C13H13F2NO4/c14-9-2-1-3-10(15)7(9)4-12(17)16-11-6-20-5-8(11)13(18)19/h1-3,8,11H,4-6H2,(H,16,17)(H,18,19). The number of benzene rings is 1. The highest BCUT2D eigenvalue weighted by molar-refractivity contribution is 5.80. The highest BCUT2D eigenvalue weighted by atomic mass is 19.1. The number of amides is 1. The third-order valence-corrected chi connectivity index (χ3v) is 3.14. The molecule has 1 fully saturated rings. The summed E-state index contributed by atoms with van der Waals surface area (Å²) in [6, 6.07) is 2.64. The molecule has 1 heterocycles. The summed E-state index contributed by atoms with van der Waals surface area (Å²) in [7, 11) is 0. The zero-order valence-electron chi connectivity index (χ0n) is 10.4. The largest absolute Gasteiger partial charge is 0.481 e. The number of aliphatic carboxylic acids is 1. The van der Waals surface area contributed by atoms with Crippen LogP contribution in [0, 0.1) is 17.6 Å². The van der Waals surface area contributed by atoms with E-state index in [1.165, 1.54) is 6.07 Å². The van der Waals surface area contributed by atoms with Gasteiger partial charge in [-0.3, -0.25) is 9.59 Å². The van der Waals surface area contributed by atoms with Gasteiger partial charge in [-0.2, -0.15) is 0 Å². The number of carboxylic acid groups (broad SMARTS) is 1. The van der Waals surface area contributed by atoms with Gasteiger partial charge in [-0.15, -0.1) is 0 Å². The number of carbonyl (C=O) groups is 2. The highest BCUT2D eigenvalue weighted by Gasteiger charge is 2.35. The van der Waals surface area contributed by atoms with Crippen molar-refractivity contribution in [1.82, 2.24) is 5.32 Å². The second-order valence-corrected chi connectivity index (χ2v) is 4.53. The van der Waals surface area contributed by atoms with Gasteiger partial charge in [-0.05, 0) is 12.1 Å². The van der Waals surface area contributed by atoms with E-state index in [9.17, 15) is 18.4 Å². The minimum Gasteiger partial charge on any atom is -0.481 e. The molecule has 2 rings (SSSR count). The number of hydrogen-bond donors (Lipinski definition) is 2. The molecule has 1 aromatic carbocycles. The normalized spacial score (nSPS) is 21.7. The van der Waals surface area contributed by atoms with E-state index in [1.54, 1.807) is 0 Å². The molecule has 0 bridgehead atoms. The summed E-state index contributed by atoms with van der Waals surface area (Å²) in [5, 5.41) is 11.4. The van der Waals surface area contributed by atoms with Crippen molar-refractivity contribution in [3.05, 3.63) is 35.4 Å². The van der Waals surface area contributed by atoms with E-state index < -0.39 is 41.9 Å². The van der Waals surface area contributed by atoms with E-state index >= 15 is 0 Å². The SMILES string of the molecule is O=C(Cc1c(F)cccc1F)NC1COCC1C(=O)O. The van der Waals surface area contributed by atoms with Gasteiger partial charge in [0.1, 0.15) is 17.6 Å². The van der Waals surface area contributed by atoms with Gasteiger partial charge in [-0.1, -0.05) is 6.07 Å². The fourth-order valence-electron chi connectivity index (χ4n) is 2.06. The molecule has 0 aromatic heterocycles. The molecule has 1 aromatic rings. The third-order valence-electron chi connectivity index (χ3n) is 3.14. The lowest BCUT2D eigenvalue weighted by atomic mass is 10.0. The zero-order valence-corrected chi connectivity index (χ0v) is 10.4. The predicted molar refractivity (Wildman–Crippen MR) is 63.9 cm³/mol. The van der Waals surface area contributed by atoms with Crippen LogP contribution in [0.2, 0.25) is 0 Å². The molecule has 0 spiro atoms. The van der Waals surface area contributed by atoms with Crippen molar-refractivity contribution < 1.29 is 28.2 Å². The number of rotatable bonds is 4. The molecule has 2 N–H and O–H groups in total. The molecular formula is C13H13F2NO4. The Kier molecular flexibility index (Phi) is 4.29. The van der Waals surface area contributed by atoms with Gasteiger partial charge in [0, 0.05) is 5.56 Å². The second-order valence-electron chi connectivity index (χ2n) is 4.53. The Labute approximate surface area is 113 Å². The lowest BCUT2D eigenvalue weighted by molar-refractivity contribution is -0.142. The van der Waals surface area contributed by atoms with Crippen LogP contribution in [0.5, 0.6) is 0 Å². The maximum atomic E-state index is 13.4. The van der Waals surface area contributed by atoms with E-state index in [2.05, 4.69) is 5.32 Å². The molecule has 0 saturated carbocycles. The van der Waals surface area contributed by atoms with Crippen LogP contribution in [0.3, 0.4) is 0 Å². The maximum Gasteiger partial charge on any atom is 0.311 e. The first-order chi connectivity index (χ1) is 9.49. The molecule has 2 atom stereocenters. The predicted octanol–water partition coefficient (Wildman–Crippen LogP) is 0.723. The fourth-order valence-corrected chi connectivity index (χ4v) is 2.06. The van der Waals surface area contributed by atoms with Gasteiger partial charge in [0.2, 0.25) is 5.91 Å². The number of carboxylic acids is 1. The van der Waals surface area contributed by atoms with E-state index in [0.29, 0.717) is 0 Å². The molecule has 1 aliphatic heterocycles. The van der Waals surface area contributed by atoms with Crippen molar-refractivity contribution in [2.45, 2.75) is 12.5 Å². The number of carbonyl (C=O) groups excluding carboxylic acids is 1. The summed E-state index contributed by atoms with van der Waals surface area (Å²) in [5.74, 6) is -4.18. The van der Waals surface area contributed by atoms with Gasteiger partial charge in [-0.25, -0.2) is 8.78 Å². The quantitative estimate of drug-likeness (QED) is 0.855. The number of nitrogens with one attached hydrogen (secondary N) is 1. The van der Waals surface area contributed by atoms with Crippen molar-refractivity contribution in [3.63, 3.8) is 0 Å². The van der Waals surface area contributed by atoms with Gasteiger partial charge < -0.3 is 15.2 Å². The van der Waals surface area contributed by atoms with Crippen molar-refractivity contribution in [2.24, 2.45) is 5.92 Å². The molecule has 0 radical (unpaired) electrons. The van der Waals surface area contributed by atoms with Crippen LogP contribution in [0.1, 0.15) is 5.56 Å². The number of halogens is 2. The molecule has 1 saturated heterocycles. The smallest absolute Gasteiger partial charge is 0.311 e. The van der Waals surface area contributed by atoms with Gasteiger partial charge in [0.15, 0.2) is 0 Å². The van der Waals surface area contributed by atoms with Crippen LogP contribution in [-0.2, 0) is 20.7 Å². The zero-order chi connectivity index (χ0) is 14.7. The van der Waals surface area contributed by atoms with Gasteiger partial charge >= 0.3 is 5.97 Å². The third kappa shape index (κ3) is 3.11. The summed E-state index contributed by atoms with van der Waals surface area (Å²) in [6.45, 7) is 0.0802. The van der Waals surface area contributed by atoms with Crippen molar-refractivity contribution >= 4 is 11.9 Å². The average Bonchev–Trinajstić information content (AvgIpc) is 2.82. The second kappa shape index (κ2) is 5.96. The maximum absolute atomic E-state index is 13.4. The molecule has 108 valence electrons. The van der Waals surface area contributed by atoms with Crippen LogP contribution in [0.25, 0.3) is 0 Å². The van der Waals surface area contributed by atoms with Crippen LogP contribution in [-0.4, -0.2) is 36.2 Å². The van der Waals surface area contributed by atoms with Crippen LogP contribution >= 0.6 is 0 Å². The highest BCUT2D eigenvalue weighted by Crippen LogP contribution is 2.16. The van der Waals surface area contributed by atoms with Crippen molar-refractivity contribution in [2.75, 3.05) is 13.2 Å². The molecule has 20 heavy (non-hydrogen) atoms. The Balaban J connectivity index is 2.01. The Morgan fingerprint density at radius 1 is 1.30 bits per heavy atom. The first kappa shape index (κ1) is 14.4. The lowest BCUT2D eigenvalue weighted by Crippen LogP contribution is -2.43. The van der Waals surface area contributed by atoms with Gasteiger partial charge in [0.05, 0.1) is 25.7 Å². The number of ether oxygens (including phenoxy) is 1. The van der Waals surface area contributed by atoms with Crippen molar-refractivity contribution in [1.29, 1.82) is 0 Å². The molecular weight excluding hydrogens is 272 g/mol. The summed E-state index contributed by atoms with van der Waals surface area (Å²) in [6.07, 6.45) is -0.485. The number of hydrogen-bond acceptors (Lipinski definition) is 3. The molecule has 0 aliphatic carbocycles. The van der Waals surface area contributed by atoms with Gasteiger partial charge in [0.25, 0.3) is 0 Å². The molecule has 1 aliphatic rings. The lowest BCUT2D eigenvalue weighted by Gasteiger charge is -2.15. The minimum absolute atomic E-state index is 0.00827. The van der Waals surface area contributed by atoms with E-state index in [0.717, 1.165) is 12.1 Å². The Morgan fingerprint density at radius 2 is 1.95 bits per heavy atom. The van der Waals surface area contributed by atoms with E-state index in [4.69, 9.17) is 9.84 Å². The van der Waals surface area contributed by atoms with Crippen LogP contribution in [0.15, 0.2) is 18.2 Å². The topological polar surface area (TPSA) is 75.6 Å². The Hall–Kier alpha value is -2.02. The Morgan fingerprint density at radius 3 is 2.55 bits per heavy atom. The fraction of sp³-hybridized carbons (Fsp3) is 0.385. The van der Waals surface area contributed by atoms with E-state index in [-0.39, 0.29) is 18.8 Å². The van der Waals surface area contributed by atoms with Crippen molar-refractivity contribution in [3.8, 4) is 0 Å². The molecule has 1 amide bonds. The Bertz CT molecular complexity index is 515.